The Labute approximate surface area is 207 Å². The van der Waals surface area contributed by atoms with Crippen molar-refractivity contribution in [2.45, 2.75) is 20.0 Å². The van der Waals surface area contributed by atoms with Crippen molar-refractivity contribution in [3.8, 4) is 23.3 Å². The molecule has 1 aromatic heterocycles. The van der Waals surface area contributed by atoms with Gasteiger partial charge in [0.2, 0.25) is 0 Å². The molecule has 9 heteroatoms. The fourth-order valence-corrected chi connectivity index (χ4v) is 3.26. The molecule has 1 amide bonds. The Kier molecular flexibility index (Phi) is 8.26. The molecule has 1 N–H and O–H groups in total. The molecule has 184 valence electrons. The van der Waals surface area contributed by atoms with Crippen LogP contribution in [-0.4, -0.2) is 31.6 Å². The highest BCUT2D eigenvalue weighted by atomic mass is 16.6. The number of aryl methyl sites for hydroxylation is 1. The maximum atomic E-state index is 12.7. The summed E-state index contributed by atoms with van der Waals surface area (Å²) in [6, 6.07) is 12.8. The number of esters is 1. The molecule has 9 nitrogen and oxygen atoms in total. The van der Waals surface area contributed by atoms with Crippen LogP contribution in [0.2, 0.25) is 0 Å². The summed E-state index contributed by atoms with van der Waals surface area (Å²) < 4.78 is 21.6. The van der Waals surface area contributed by atoms with Crippen LogP contribution in [0.5, 0.6) is 17.2 Å². The zero-order valence-electron chi connectivity index (χ0n) is 20.0. The maximum absolute atomic E-state index is 12.7. The molecule has 0 fully saturated rings. The van der Waals surface area contributed by atoms with Crippen molar-refractivity contribution in [2.24, 2.45) is 0 Å². The summed E-state index contributed by atoms with van der Waals surface area (Å²) in [5.41, 5.74) is 1.03. The highest BCUT2D eigenvalue weighted by Gasteiger charge is 2.20. The van der Waals surface area contributed by atoms with Crippen molar-refractivity contribution < 1.29 is 28.2 Å². The Hall–Kier alpha value is -4.84. The van der Waals surface area contributed by atoms with Gasteiger partial charge in [0.15, 0.2) is 17.6 Å². The van der Waals surface area contributed by atoms with Crippen LogP contribution in [0.15, 0.2) is 69.9 Å². The summed E-state index contributed by atoms with van der Waals surface area (Å²) >= 11 is 0. The number of hydrogen-bond donors (Lipinski definition) is 1. The summed E-state index contributed by atoms with van der Waals surface area (Å²) in [6.45, 7) is 7.05. The summed E-state index contributed by atoms with van der Waals surface area (Å²) in [6.07, 6.45) is 1.89. The average Bonchev–Trinajstić information content (AvgIpc) is 2.86. The van der Waals surface area contributed by atoms with Crippen LogP contribution in [0.1, 0.15) is 18.1 Å². The van der Waals surface area contributed by atoms with E-state index in [1.54, 1.807) is 25.1 Å². The topological polar surface area (TPSA) is 128 Å². The fourth-order valence-electron chi connectivity index (χ4n) is 3.26. The molecule has 0 saturated carbocycles. The van der Waals surface area contributed by atoms with Crippen molar-refractivity contribution in [1.29, 1.82) is 5.26 Å². The zero-order chi connectivity index (χ0) is 26.2. The number of hydrogen-bond acceptors (Lipinski definition) is 8. The molecule has 0 unspecified atom stereocenters. The molecule has 0 spiro atoms. The number of nitrogens with one attached hydrogen (secondary N) is 1. The molecule has 2 aromatic carbocycles. The lowest BCUT2D eigenvalue weighted by Crippen LogP contribution is -2.28. The van der Waals surface area contributed by atoms with E-state index in [1.165, 1.54) is 50.5 Å². The number of methoxy groups -OCH3 is 1. The van der Waals surface area contributed by atoms with Crippen molar-refractivity contribution in [2.75, 3.05) is 13.7 Å². The molecule has 0 saturated heterocycles. The first-order valence-electron chi connectivity index (χ1n) is 10.9. The summed E-state index contributed by atoms with van der Waals surface area (Å²) in [5.74, 6) is -0.558. The molecule has 0 aliphatic carbocycles. The number of carbonyl (C=O) groups is 2. The summed E-state index contributed by atoms with van der Waals surface area (Å²) in [5, 5.41) is 12.6. The lowest BCUT2D eigenvalue weighted by atomic mass is 10.1. The minimum atomic E-state index is -0.998. The first-order chi connectivity index (χ1) is 17.2. The van der Waals surface area contributed by atoms with Crippen molar-refractivity contribution in [1.82, 2.24) is 5.32 Å². The zero-order valence-corrected chi connectivity index (χ0v) is 20.0. The molecule has 36 heavy (non-hydrogen) atoms. The lowest BCUT2D eigenvalue weighted by molar-refractivity contribution is -0.141. The molecular weight excluding hydrogens is 464 g/mol. The van der Waals surface area contributed by atoms with Crippen LogP contribution in [-0.2, 0) is 9.59 Å². The van der Waals surface area contributed by atoms with Gasteiger partial charge in [-0.15, -0.1) is 6.58 Å². The lowest BCUT2D eigenvalue weighted by Gasteiger charge is -2.16. The Bertz CT molecular complexity index is 1450. The van der Waals surface area contributed by atoms with E-state index in [-0.39, 0.29) is 23.6 Å². The van der Waals surface area contributed by atoms with Gasteiger partial charge < -0.3 is 23.9 Å². The second-order valence-electron chi connectivity index (χ2n) is 7.67. The van der Waals surface area contributed by atoms with E-state index in [2.05, 4.69) is 11.9 Å². The van der Waals surface area contributed by atoms with Crippen LogP contribution in [0.25, 0.3) is 17.0 Å². The molecule has 3 rings (SSSR count). The first-order valence-corrected chi connectivity index (χ1v) is 10.9. The molecule has 0 aliphatic heterocycles. The molecule has 0 bridgehead atoms. The third kappa shape index (κ3) is 6.18. The Morgan fingerprint density at radius 2 is 1.97 bits per heavy atom. The predicted octanol–water partition coefficient (Wildman–Crippen LogP) is 3.69. The standard InChI is InChI=1S/C27H24N2O7/c1-5-10-29-26(31)19(15-28)12-18-6-9-22(24(13-18)33-4)36-27(32)17(3)34-20-7-8-21-16(2)11-25(30)35-23(21)14-20/h5-9,11-14,17H,1,10H2,2-4H3,(H,29,31)/b19-12+/t17-/m0/s1. The Balaban J connectivity index is 1.74. The van der Waals surface area contributed by atoms with Crippen LogP contribution < -0.4 is 25.2 Å². The van der Waals surface area contributed by atoms with Crippen molar-refractivity contribution >= 4 is 28.9 Å². The molecular formula is C27H24N2O7. The van der Waals surface area contributed by atoms with Gasteiger partial charge in [-0.2, -0.15) is 5.26 Å². The molecule has 3 aromatic rings. The van der Waals surface area contributed by atoms with E-state index in [9.17, 15) is 19.6 Å². The minimum absolute atomic E-state index is 0.105. The second-order valence-corrected chi connectivity index (χ2v) is 7.67. The fraction of sp³-hybridized carbons (Fsp3) is 0.185. The third-order valence-corrected chi connectivity index (χ3v) is 5.05. The third-order valence-electron chi connectivity index (χ3n) is 5.05. The largest absolute Gasteiger partial charge is 0.493 e. The average molecular weight is 488 g/mol. The number of nitrogens with zero attached hydrogens (tertiary/aromatic N) is 1. The summed E-state index contributed by atoms with van der Waals surface area (Å²) in [7, 11) is 1.40. The van der Waals surface area contributed by atoms with E-state index in [1.807, 2.05) is 6.07 Å². The van der Waals surface area contributed by atoms with E-state index in [0.29, 0.717) is 16.9 Å². The van der Waals surface area contributed by atoms with Crippen LogP contribution in [0.3, 0.4) is 0 Å². The number of carbonyl (C=O) groups excluding carboxylic acids is 2. The van der Waals surface area contributed by atoms with Crippen LogP contribution in [0, 0.1) is 18.3 Å². The number of benzene rings is 2. The highest BCUT2D eigenvalue weighted by molar-refractivity contribution is 6.01. The van der Waals surface area contributed by atoms with Crippen LogP contribution in [0.4, 0.5) is 0 Å². The molecule has 1 atom stereocenters. The van der Waals surface area contributed by atoms with Crippen molar-refractivity contribution in [3.05, 3.63) is 82.2 Å². The van der Waals surface area contributed by atoms with Gasteiger partial charge >= 0.3 is 11.6 Å². The Morgan fingerprint density at radius 1 is 1.19 bits per heavy atom. The molecule has 0 radical (unpaired) electrons. The second kappa shape index (κ2) is 11.5. The monoisotopic (exact) mass is 488 g/mol. The van der Waals surface area contributed by atoms with Gasteiger partial charge in [-0.25, -0.2) is 9.59 Å². The normalized spacial score (nSPS) is 11.8. The number of ether oxygens (including phenoxy) is 3. The van der Waals surface area contributed by atoms with Gasteiger partial charge in [-0.05, 0) is 55.3 Å². The number of nitriles is 1. The summed E-state index contributed by atoms with van der Waals surface area (Å²) in [4.78, 5) is 36.4. The first kappa shape index (κ1) is 25.8. The van der Waals surface area contributed by atoms with Gasteiger partial charge in [0, 0.05) is 24.1 Å². The Morgan fingerprint density at radius 3 is 2.67 bits per heavy atom. The van der Waals surface area contributed by atoms with E-state index >= 15 is 0 Å². The van der Waals surface area contributed by atoms with Gasteiger partial charge in [0.05, 0.1) is 7.11 Å². The van der Waals surface area contributed by atoms with E-state index in [4.69, 9.17) is 18.6 Å². The molecule has 0 aliphatic rings. The number of fused-ring (bicyclic) bond motifs is 1. The van der Waals surface area contributed by atoms with E-state index in [0.717, 1.165) is 10.9 Å². The predicted molar refractivity (Wildman–Crippen MR) is 133 cm³/mol. The van der Waals surface area contributed by atoms with Gasteiger partial charge in [-0.1, -0.05) is 12.1 Å². The minimum Gasteiger partial charge on any atom is -0.493 e. The SMILES string of the molecule is C=CCNC(=O)/C(C#N)=C/c1ccc(OC(=O)[C@H](C)Oc2ccc3c(C)cc(=O)oc3c2)c(OC)c1. The molecule has 1 heterocycles. The maximum Gasteiger partial charge on any atom is 0.352 e. The number of rotatable bonds is 9. The van der Waals surface area contributed by atoms with Gasteiger partial charge in [0.1, 0.15) is 23.0 Å². The highest BCUT2D eigenvalue weighted by Crippen LogP contribution is 2.30. The van der Waals surface area contributed by atoms with Gasteiger partial charge in [0.25, 0.3) is 5.91 Å². The van der Waals surface area contributed by atoms with E-state index < -0.39 is 23.6 Å². The van der Waals surface area contributed by atoms with Gasteiger partial charge in [-0.3, -0.25) is 4.79 Å². The van der Waals surface area contributed by atoms with Crippen LogP contribution >= 0.6 is 0 Å². The quantitative estimate of drug-likeness (QED) is 0.121. The smallest absolute Gasteiger partial charge is 0.352 e. The number of amides is 1. The van der Waals surface area contributed by atoms with Crippen molar-refractivity contribution in [3.63, 3.8) is 0 Å².